The Labute approximate surface area is 174 Å². The molecule has 0 atom stereocenters. The molecule has 0 aliphatic carbocycles. The van der Waals surface area contributed by atoms with E-state index in [0.29, 0.717) is 0 Å². The van der Waals surface area contributed by atoms with E-state index in [-0.39, 0.29) is 0 Å². The summed E-state index contributed by atoms with van der Waals surface area (Å²) in [6.07, 6.45) is 7.53. The molecule has 0 radical (unpaired) electrons. The number of rotatable bonds is 0. The molecule has 0 saturated heterocycles. The minimum atomic E-state index is 0.839. The van der Waals surface area contributed by atoms with E-state index in [1.165, 1.54) is 0 Å². The molecule has 5 aromatic heterocycles. The van der Waals surface area contributed by atoms with Crippen LogP contribution in [-0.2, 0) is 0 Å². The molecule has 0 saturated carbocycles. The van der Waals surface area contributed by atoms with Crippen molar-refractivity contribution in [3.05, 3.63) is 79.4 Å². The summed E-state index contributed by atoms with van der Waals surface area (Å²) in [7, 11) is 0. The number of benzene rings is 3. The lowest BCUT2D eigenvalue weighted by atomic mass is 10.0. The van der Waals surface area contributed by atoms with Crippen molar-refractivity contribution in [1.29, 1.82) is 0 Å². The maximum absolute atomic E-state index is 6.48. The highest BCUT2D eigenvalue weighted by atomic mass is 16.3. The van der Waals surface area contributed by atoms with E-state index in [9.17, 15) is 0 Å². The smallest absolute Gasteiger partial charge is 0.147 e. The van der Waals surface area contributed by atoms with Crippen LogP contribution in [0, 0.1) is 0 Å². The number of aromatic nitrogens is 3. The first-order chi connectivity index (χ1) is 15.4. The Morgan fingerprint density at radius 3 is 2.65 bits per heavy atom. The molecule has 3 aromatic carbocycles. The molecule has 0 fully saturated rings. The SMILES string of the molecule is c1ccc2c(c1)oc1ccc3c4cc5c(cc4oc3c12)c1ccncc1c1nccn51. The Balaban J connectivity index is 1.63. The van der Waals surface area contributed by atoms with Gasteiger partial charge in [0.25, 0.3) is 0 Å². The minimum absolute atomic E-state index is 0.839. The van der Waals surface area contributed by atoms with Gasteiger partial charge in [-0.3, -0.25) is 9.38 Å². The van der Waals surface area contributed by atoms with Gasteiger partial charge in [-0.05, 0) is 41.8 Å². The van der Waals surface area contributed by atoms with Gasteiger partial charge >= 0.3 is 0 Å². The quantitative estimate of drug-likeness (QED) is 0.262. The fourth-order valence-corrected chi connectivity index (χ4v) is 5.00. The molecule has 0 spiro atoms. The zero-order valence-corrected chi connectivity index (χ0v) is 16.2. The van der Waals surface area contributed by atoms with E-state index >= 15 is 0 Å². The van der Waals surface area contributed by atoms with E-state index in [2.05, 4.69) is 38.6 Å². The molecule has 0 bridgehead atoms. The molecule has 0 amide bonds. The fourth-order valence-electron chi connectivity index (χ4n) is 5.00. The van der Waals surface area contributed by atoms with Crippen molar-refractivity contribution < 1.29 is 8.83 Å². The monoisotopic (exact) mass is 399 g/mol. The largest absolute Gasteiger partial charge is 0.456 e. The van der Waals surface area contributed by atoms with Gasteiger partial charge in [-0.2, -0.15) is 0 Å². The Hall–Kier alpha value is -4.38. The van der Waals surface area contributed by atoms with Crippen LogP contribution in [0.15, 0.2) is 88.2 Å². The third-order valence-electron chi connectivity index (χ3n) is 6.35. The van der Waals surface area contributed by atoms with Gasteiger partial charge in [0.1, 0.15) is 28.0 Å². The van der Waals surface area contributed by atoms with Gasteiger partial charge in [0.15, 0.2) is 0 Å². The Morgan fingerprint density at radius 2 is 1.65 bits per heavy atom. The lowest BCUT2D eigenvalue weighted by Crippen LogP contribution is -1.91. The summed E-state index contributed by atoms with van der Waals surface area (Å²) in [6, 6.07) is 18.6. The van der Waals surface area contributed by atoms with Crippen molar-refractivity contribution in [2.75, 3.05) is 0 Å². The van der Waals surface area contributed by atoms with Crippen LogP contribution in [0.25, 0.3) is 71.2 Å². The van der Waals surface area contributed by atoms with Crippen molar-refractivity contribution in [2.24, 2.45) is 0 Å². The number of hydrogen-bond donors (Lipinski definition) is 0. The van der Waals surface area contributed by atoms with Crippen molar-refractivity contribution in [3.63, 3.8) is 0 Å². The first-order valence-corrected chi connectivity index (χ1v) is 10.2. The molecule has 31 heavy (non-hydrogen) atoms. The van der Waals surface area contributed by atoms with Gasteiger partial charge in [-0.1, -0.05) is 18.2 Å². The van der Waals surface area contributed by atoms with E-state index in [1.807, 2.05) is 55.1 Å². The third-order valence-corrected chi connectivity index (χ3v) is 6.35. The lowest BCUT2D eigenvalue weighted by Gasteiger charge is -2.07. The van der Waals surface area contributed by atoms with Crippen molar-refractivity contribution in [1.82, 2.24) is 14.4 Å². The average molecular weight is 399 g/mol. The summed E-state index contributed by atoms with van der Waals surface area (Å²) in [5.74, 6) is 0. The number of fused-ring (bicyclic) bond motifs is 13. The number of nitrogens with zero attached hydrogens (tertiary/aromatic N) is 3. The molecule has 5 nitrogen and oxygen atoms in total. The Kier molecular flexibility index (Phi) is 2.60. The van der Waals surface area contributed by atoms with Gasteiger partial charge < -0.3 is 8.83 Å². The van der Waals surface area contributed by atoms with E-state index < -0.39 is 0 Å². The van der Waals surface area contributed by atoms with Crippen LogP contribution >= 0.6 is 0 Å². The number of furan rings is 2. The minimum Gasteiger partial charge on any atom is -0.456 e. The molecule has 8 aromatic rings. The highest BCUT2D eigenvalue weighted by Crippen LogP contribution is 2.41. The first kappa shape index (κ1) is 15.5. The molecular weight excluding hydrogens is 386 g/mol. The van der Waals surface area contributed by atoms with Gasteiger partial charge in [0.2, 0.25) is 0 Å². The Morgan fingerprint density at radius 1 is 0.677 bits per heavy atom. The standard InChI is InChI=1S/C26H13N3O2/c1-2-4-21-16(3-1)24-22(30-21)6-5-15-18-11-20-17(12-23(18)31-25(15)24)14-7-8-27-13-19(14)26-28-9-10-29(20)26/h1-13H. The second kappa shape index (κ2) is 5.21. The predicted molar refractivity (Wildman–Crippen MR) is 123 cm³/mol. The van der Waals surface area contributed by atoms with Crippen LogP contribution in [0.1, 0.15) is 0 Å². The van der Waals surface area contributed by atoms with Crippen LogP contribution in [0.5, 0.6) is 0 Å². The molecule has 8 rings (SSSR count). The summed E-state index contributed by atoms with van der Waals surface area (Å²) < 4.78 is 14.7. The van der Waals surface area contributed by atoms with Crippen LogP contribution < -0.4 is 0 Å². The van der Waals surface area contributed by atoms with E-state index in [1.54, 1.807) is 0 Å². The zero-order valence-electron chi connectivity index (χ0n) is 16.2. The number of imidazole rings is 1. The molecule has 5 heteroatoms. The van der Waals surface area contributed by atoms with Crippen LogP contribution in [0.4, 0.5) is 0 Å². The third kappa shape index (κ3) is 1.82. The second-order valence-electron chi connectivity index (χ2n) is 7.92. The van der Waals surface area contributed by atoms with Gasteiger partial charge in [-0.15, -0.1) is 0 Å². The van der Waals surface area contributed by atoms with Crippen LogP contribution in [0.3, 0.4) is 0 Å². The van der Waals surface area contributed by atoms with Gasteiger partial charge in [-0.25, -0.2) is 4.98 Å². The lowest BCUT2D eigenvalue weighted by molar-refractivity contribution is 0.663. The first-order valence-electron chi connectivity index (χ1n) is 10.2. The van der Waals surface area contributed by atoms with Crippen LogP contribution in [0.2, 0.25) is 0 Å². The fraction of sp³-hybridized carbons (Fsp3) is 0. The maximum atomic E-state index is 6.48. The molecule has 144 valence electrons. The Bertz CT molecular complexity index is 2010. The molecule has 0 N–H and O–H groups in total. The van der Waals surface area contributed by atoms with E-state index in [4.69, 9.17) is 8.83 Å². The highest BCUT2D eigenvalue weighted by Gasteiger charge is 2.18. The topological polar surface area (TPSA) is 56.5 Å². The molecule has 0 aliphatic heterocycles. The number of para-hydroxylation sites is 1. The molecule has 5 heterocycles. The summed E-state index contributed by atoms with van der Waals surface area (Å²) in [5.41, 5.74) is 5.43. The summed E-state index contributed by atoms with van der Waals surface area (Å²) >= 11 is 0. The normalized spacial score (nSPS) is 12.5. The van der Waals surface area contributed by atoms with Gasteiger partial charge in [0.05, 0.1) is 10.9 Å². The summed E-state index contributed by atoms with van der Waals surface area (Å²) in [5, 5.41) is 7.51. The average Bonchev–Trinajstić information content (AvgIpc) is 3.52. The molecular formula is C26H13N3O2. The van der Waals surface area contributed by atoms with Crippen molar-refractivity contribution >= 4 is 71.2 Å². The molecule has 0 aliphatic rings. The maximum Gasteiger partial charge on any atom is 0.147 e. The predicted octanol–water partition coefficient (Wildman–Crippen LogP) is 6.83. The highest BCUT2D eigenvalue weighted by molar-refractivity contribution is 6.24. The zero-order chi connectivity index (χ0) is 20.1. The number of hydrogen-bond acceptors (Lipinski definition) is 4. The van der Waals surface area contributed by atoms with Crippen LogP contribution in [-0.4, -0.2) is 14.4 Å². The summed E-state index contributed by atoms with van der Waals surface area (Å²) in [4.78, 5) is 8.90. The van der Waals surface area contributed by atoms with Crippen molar-refractivity contribution in [2.45, 2.75) is 0 Å². The second-order valence-corrected chi connectivity index (χ2v) is 7.92. The summed E-state index contributed by atoms with van der Waals surface area (Å²) in [6.45, 7) is 0. The van der Waals surface area contributed by atoms with E-state index in [0.717, 1.165) is 71.2 Å². The molecule has 0 unspecified atom stereocenters. The van der Waals surface area contributed by atoms with Crippen molar-refractivity contribution in [3.8, 4) is 0 Å². The number of pyridine rings is 2. The van der Waals surface area contributed by atoms with Gasteiger partial charge in [0, 0.05) is 51.7 Å².